The first-order valence-electron chi connectivity index (χ1n) is 7.98. The monoisotopic (exact) mass is 292 g/mol. The number of nitrogens with zero attached hydrogens (tertiary/aromatic N) is 2. The van der Waals surface area contributed by atoms with E-state index in [4.69, 9.17) is 5.73 Å². The third kappa shape index (κ3) is 4.22. The number of carbonyl (C=O) groups excluding carboxylic acids is 1. The molecule has 1 aliphatic rings. The van der Waals surface area contributed by atoms with Crippen LogP contribution >= 0.6 is 0 Å². The summed E-state index contributed by atoms with van der Waals surface area (Å²) in [5, 5.41) is 7.67. The van der Waals surface area contributed by atoms with Crippen molar-refractivity contribution in [3.05, 3.63) is 12.4 Å². The number of hydrogen-bond donors (Lipinski definition) is 2. The normalized spacial score (nSPS) is 23.0. The lowest BCUT2D eigenvalue weighted by Gasteiger charge is -2.39. The molecular formula is C16H28N4O. The molecule has 0 unspecified atom stereocenters. The lowest BCUT2D eigenvalue weighted by atomic mass is 9.69. The second-order valence-corrected chi connectivity index (χ2v) is 6.93. The van der Waals surface area contributed by atoms with E-state index >= 15 is 0 Å². The summed E-state index contributed by atoms with van der Waals surface area (Å²) in [5.74, 6) is 0.463. The van der Waals surface area contributed by atoms with Crippen molar-refractivity contribution in [2.24, 2.45) is 17.1 Å². The number of carbonyl (C=O) groups is 1. The fraction of sp³-hybridized carbons (Fsp3) is 0.750. The summed E-state index contributed by atoms with van der Waals surface area (Å²) in [5.41, 5.74) is 6.60. The number of anilines is 1. The van der Waals surface area contributed by atoms with Gasteiger partial charge in [0, 0.05) is 12.2 Å². The molecule has 0 radical (unpaired) electrons. The van der Waals surface area contributed by atoms with Crippen LogP contribution in [0.3, 0.4) is 0 Å². The molecule has 1 aromatic rings. The smallest absolute Gasteiger partial charge is 0.239 e. The molecule has 5 heteroatoms. The van der Waals surface area contributed by atoms with E-state index in [0.717, 1.165) is 11.6 Å². The van der Waals surface area contributed by atoms with E-state index in [1.807, 2.05) is 6.20 Å². The van der Waals surface area contributed by atoms with Crippen LogP contribution in [0.15, 0.2) is 12.4 Å². The summed E-state index contributed by atoms with van der Waals surface area (Å²) >= 11 is 0. The average Bonchev–Trinajstić information content (AvgIpc) is 2.85. The summed E-state index contributed by atoms with van der Waals surface area (Å²) in [6, 6.07) is 0.514. The first-order chi connectivity index (χ1) is 9.90. The highest BCUT2D eigenvalue weighted by molar-refractivity contribution is 5.73. The first-order valence-corrected chi connectivity index (χ1v) is 7.98. The second-order valence-electron chi connectivity index (χ2n) is 6.93. The number of nitrogens with one attached hydrogen (secondary N) is 1. The van der Waals surface area contributed by atoms with Crippen molar-refractivity contribution in [1.29, 1.82) is 0 Å². The Kier molecular flexibility index (Phi) is 4.91. The van der Waals surface area contributed by atoms with Gasteiger partial charge in [0.05, 0.1) is 11.9 Å². The van der Waals surface area contributed by atoms with E-state index in [1.165, 1.54) is 32.1 Å². The Morgan fingerprint density at radius 1 is 1.43 bits per heavy atom. The number of rotatable bonds is 6. The van der Waals surface area contributed by atoms with Gasteiger partial charge in [0.25, 0.3) is 0 Å². The maximum Gasteiger partial charge on any atom is 0.239 e. The van der Waals surface area contributed by atoms with Gasteiger partial charge >= 0.3 is 0 Å². The zero-order valence-corrected chi connectivity index (χ0v) is 13.4. The zero-order valence-electron chi connectivity index (χ0n) is 13.4. The van der Waals surface area contributed by atoms with Crippen molar-refractivity contribution in [2.45, 2.75) is 65.5 Å². The van der Waals surface area contributed by atoms with Gasteiger partial charge in [0.1, 0.15) is 6.54 Å². The summed E-state index contributed by atoms with van der Waals surface area (Å²) in [6.07, 6.45) is 9.85. The largest absolute Gasteiger partial charge is 0.380 e. The van der Waals surface area contributed by atoms with Gasteiger partial charge < -0.3 is 11.1 Å². The molecule has 3 N–H and O–H groups in total. The van der Waals surface area contributed by atoms with E-state index in [1.54, 1.807) is 10.9 Å². The predicted molar refractivity (Wildman–Crippen MR) is 84.9 cm³/mol. The van der Waals surface area contributed by atoms with Crippen molar-refractivity contribution in [1.82, 2.24) is 9.78 Å². The first kappa shape index (κ1) is 15.9. The molecule has 1 heterocycles. The highest BCUT2D eigenvalue weighted by Crippen LogP contribution is 2.40. The second kappa shape index (κ2) is 6.50. The van der Waals surface area contributed by atoms with Crippen LogP contribution in [0.25, 0.3) is 0 Å². The number of hydrogen-bond acceptors (Lipinski definition) is 3. The van der Waals surface area contributed by atoms with Crippen LogP contribution in [-0.4, -0.2) is 21.7 Å². The van der Waals surface area contributed by atoms with Crippen LogP contribution < -0.4 is 11.1 Å². The minimum Gasteiger partial charge on any atom is -0.380 e. The summed E-state index contributed by atoms with van der Waals surface area (Å²) in [4.78, 5) is 10.9. The van der Waals surface area contributed by atoms with Crippen molar-refractivity contribution >= 4 is 11.6 Å². The highest BCUT2D eigenvalue weighted by Gasteiger charge is 2.31. The van der Waals surface area contributed by atoms with Gasteiger partial charge in [-0.1, -0.05) is 27.2 Å². The van der Waals surface area contributed by atoms with E-state index < -0.39 is 0 Å². The van der Waals surface area contributed by atoms with Crippen LogP contribution in [0.4, 0.5) is 5.69 Å². The minimum absolute atomic E-state index is 0.138. The van der Waals surface area contributed by atoms with Crippen LogP contribution in [0.5, 0.6) is 0 Å². The Morgan fingerprint density at radius 3 is 2.67 bits per heavy atom. The third-order valence-electron chi connectivity index (χ3n) is 5.07. The van der Waals surface area contributed by atoms with Gasteiger partial charge in [-0.3, -0.25) is 9.48 Å². The van der Waals surface area contributed by atoms with E-state index in [9.17, 15) is 4.79 Å². The molecule has 0 saturated heterocycles. The molecular weight excluding hydrogens is 264 g/mol. The molecule has 2 rings (SSSR count). The van der Waals surface area contributed by atoms with Gasteiger partial charge in [0.2, 0.25) is 5.91 Å². The Hall–Kier alpha value is -1.52. The quantitative estimate of drug-likeness (QED) is 0.846. The molecule has 0 atom stereocenters. The number of primary amides is 1. The predicted octanol–water partition coefficient (Wildman–Crippen LogP) is 2.78. The van der Waals surface area contributed by atoms with Gasteiger partial charge in [-0.2, -0.15) is 5.10 Å². The number of aromatic nitrogens is 2. The average molecular weight is 292 g/mol. The molecule has 21 heavy (non-hydrogen) atoms. The molecule has 1 fully saturated rings. The molecule has 0 bridgehead atoms. The van der Waals surface area contributed by atoms with Crippen LogP contribution in [-0.2, 0) is 11.3 Å². The van der Waals surface area contributed by atoms with E-state index in [-0.39, 0.29) is 12.5 Å². The topological polar surface area (TPSA) is 72.9 Å². The third-order valence-corrected chi connectivity index (χ3v) is 5.07. The van der Waals surface area contributed by atoms with Gasteiger partial charge in [0.15, 0.2) is 0 Å². The molecule has 0 spiro atoms. The lowest BCUT2D eigenvalue weighted by Crippen LogP contribution is -2.32. The fourth-order valence-electron chi connectivity index (χ4n) is 3.23. The van der Waals surface area contributed by atoms with Crippen LogP contribution in [0.1, 0.15) is 52.9 Å². The minimum atomic E-state index is -0.369. The highest BCUT2D eigenvalue weighted by atomic mass is 16.1. The number of nitrogens with two attached hydrogens (primary N) is 1. The van der Waals surface area contributed by atoms with Gasteiger partial charge in [-0.05, 0) is 37.0 Å². The molecule has 0 aromatic carbocycles. The van der Waals surface area contributed by atoms with E-state index in [0.29, 0.717) is 11.5 Å². The van der Waals surface area contributed by atoms with E-state index in [2.05, 4.69) is 31.2 Å². The van der Waals surface area contributed by atoms with Crippen molar-refractivity contribution < 1.29 is 4.79 Å². The van der Waals surface area contributed by atoms with Crippen LogP contribution in [0, 0.1) is 11.3 Å². The summed E-state index contributed by atoms with van der Waals surface area (Å²) < 4.78 is 1.58. The summed E-state index contributed by atoms with van der Waals surface area (Å²) in [7, 11) is 0. The molecule has 5 nitrogen and oxygen atoms in total. The fourth-order valence-corrected chi connectivity index (χ4v) is 3.23. The Morgan fingerprint density at radius 2 is 2.10 bits per heavy atom. The van der Waals surface area contributed by atoms with Gasteiger partial charge in [-0.25, -0.2) is 0 Å². The molecule has 1 amide bonds. The maximum atomic E-state index is 10.9. The van der Waals surface area contributed by atoms with Crippen molar-refractivity contribution in [2.75, 3.05) is 5.32 Å². The zero-order chi connectivity index (χ0) is 15.5. The Labute approximate surface area is 127 Å². The number of amides is 1. The lowest BCUT2D eigenvalue weighted by molar-refractivity contribution is -0.118. The maximum absolute atomic E-state index is 10.9. The molecule has 118 valence electrons. The van der Waals surface area contributed by atoms with Crippen molar-refractivity contribution in [3.63, 3.8) is 0 Å². The molecule has 1 aromatic heterocycles. The van der Waals surface area contributed by atoms with Crippen LogP contribution in [0.2, 0.25) is 0 Å². The van der Waals surface area contributed by atoms with Gasteiger partial charge in [-0.15, -0.1) is 0 Å². The SMILES string of the molecule is CCC(C)(C)C1CCC(Nc2cnn(CC(N)=O)c2)CC1. The molecule has 0 aliphatic heterocycles. The standard InChI is InChI=1S/C16H28N4O/c1-4-16(2,3)12-5-7-13(8-6-12)19-14-9-18-20(10-14)11-15(17)21/h9-10,12-13,19H,4-8,11H2,1-3H3,(H2,17,21). The van der Waals surface area contributed by atoms with Crippen molar-refractivity contribution in [3.8, 4) is 0 Å². The Bertz CT molecular complexity index is 472. The summed E-state index contributed by atoms with van der Waals surface area (Å²) in [6.45, 7) is 7.20. The molecule has 1 aliphatic carbocycles. The molecule has 1 saturated carbocycles. The Balaban J connectivity index is 1.83.